The number of anilines is 2. The van der Waals surface area contributed by atoms with E-state index in [2.05, 4.69) is 60.6 Å². The molecule has 1 aliphatic rings. The Morgan fingerprint density at radius 1 is 1.00 bits per heavy atom. The molecule has 0 amide bonds. The summed E-state index contributed by atoms with van der Waals surface area (Å²) in [4.78, 5) is 0. The maximum absolute atomic E-state index is 5.83. The maximum atomic E-state index is 5.83. The Kier molecular flexibility index (Phi) is 4.71. The first-order chi connectivity index (χ1) is 13.1. The zero-order valence-corrected chi connectivity index (χ0v) is 16.0. The van der Waals surface area contributed by atoms with Gasteiger partial charge in [0.2, 0.25) is 0 Å². The minimum absolute atomic E-state index is 0.154. The van der Waals surface area contributed by atoms with Gasteiger partial charge >= 0.3 is 0 Å². The summed E-state index contributed by atoms with van der Waals surface area (Å²) < 4.78 is 5.83. The number of hydrogen-bond acceptors (Lipinski definition) is 4. The molecule has 0 bridgehead atoms. The lowest BCUT2D eigenvalue weighted by Crippen LogP contribution is -2.18. The van der Waals surface area contributed by atoms with Crippen LogP contribution in [0.15, 0.2) is 76.2 Å². The lowest BCUT2D eigenvalue weighted by Gasteiger charge is -2.24. The molecule has 0 spiro atoms. The molecule has 0 saturated heterocycles. The van der Waals surface area contributed by atoms with Crippen molar-refractivity contribution in [1.82, 2.24) is 0 Å². The van der Waals surface area contributed by atoms with Crippen LogP contribution < -0.4 is 10.3 Å². The molecule has 2 aromatic carbocycles. The predicted molar refractivity (Wildman–Crippen MR) is 111 cm³/mol. The molecule has 4 heteroatoms. The molecule has 0 radical (unpaired) electrons. The lowest BCUT2D eigenvalue weighted by molar-refractivity contribution is 0.524. The molecule has 0 saturated carbocycles. The summed E-state index contributed by atoms with van der Waals surface area (Å²) in [6.45, 7) is 6.26. The van der Waals surface area contributed by atoms with E-state index in [1.54, 1.807) is 0 Å². The van der Waals surface area contributed by atoms with E-state index in [4.69, 9.17) is 9.52 Å². The average Bonchev–Trinajstić information content (AvgIpc) is 3.29. The molecule has 138 valence electrons. The molecule has 4 rings (SSSR count). The number of nitrogens with one attached hydrogen (secondary N) is 1. The monoisotopic (exact) mass is 359 g/mol. The zero-order valence-electron chi connectivity index (χ0n) is 16.0. The first-order valence-electron chi connectivity index (χ1n) is 9.45. The summed E-state index contributed by atoms with van der Waals surface area (Å²) in [6.07, 6.45) is 0.818. The smallest absolute Gasteiger partial charge is 0.150 e. The third-order valence-corrected chi connectivity index (χ3v) is 4.71. The third-order valence-electron chi connectivity index (χ3n) is 4.71. The molecule has 2 heterocycles. The number of rotatable bonds is 5. The molecule has 27 heavy (non-hydrogen) atoms. The molecule has 1 atom stereocenters. The summed E-state index contributed by atoms with van der Waals surface area (Å²) >= 11 is 0. The van der Waals surface area contributed by atoms with Crippen molar-refractivity contribution in [1.29, 1.82) is 0 Å². The predicted octanol–water partition coefficient (Wildman–Crippen LogP) is 5.76. The highest BCUT2D eigenvalue weighted by atomic mass is 16.3. The minimum atomic E-state index is 0.154. The van der Waals surface area contributed by atoms with Crippen LogP contribution in [0.3, 0.4) is 0 Å². The van der Waals surface area contributed by atoms with Crippen LogP contribution in [-0.4, -0.2) is 11.8 Å². The largest absolute Gasteiger partial charge is 0.460 e. The van der Waals surface area contributed by atoms with Crippen LogP contribution in [0.4, 0.5) is 11.4 Å². The van der Waals surface area contributed by atoms with Crippen molar-refractivity contribution in [3.63, 3.8) is 0 Å². The highest BCUT2D eigenvalue weighted by Gasteiger charge is 2.31. The fourth-order valence-electron chi connectivity index (χ4n) is 3.46. The summed E-state index contributed by atoms with van der Waals surface area (Å²) in [6, 6.07) is 23.6. The number of furan rings is 1. The Morgan fingerprint density at radius 2 is 1.74 bits per heavy atom. The second-order valence-corrected chi connectivity index (χ2v) is 7.28. The van der Waals surface area contributed by atoms with E-state index in [9.17, 15) is 0 Å². The van der Waals surface area contributed by atoms with Gasteiger partial charge in [0.15, 0.2) is 0 Å². The van der Waals surface area contributed by atoms with Crippen molar-refractivity contribution >= 4 is 17.1 Å². The Morgan fingerprint density at radius 3 is 2.37 bits per heavy atom. The van der Waals surface area contributed by atoms with Gasteiger partial charge in [-0.2, -0.15) is 5.10 Å². The van der Waals surface area contributed by atoms with Crippen molar-refractivity contribution in [3.05, 3.63) is 83.8 Å². The second-order valence-electron chi connectivity index (χ2n) is 7.28. The van der Waals surface area contributed by atoms with Crippen LogP contribution in [0, 0.1) is 6.92 Å². The number of benzene rings is 2. The van der Waals surface area contributed by atoms with Crippen LogP contribution in [0.1, 0.15) is 43.4 Å². The highest BCUT2D eigenvalue weighted by molar-refractivity contribution is 6.01. The van der Waals surface area contributed by atoms with Crippen molar-refractivity contribution in [2.75, 3.05) is 10.3 Å². The third kappa shape index (κ3) is 3.75. The maximum Gasteiger partial charge on any atom is 0.150 e. The van der Waals surface area contributed by atoms with Crippen molar-refractivity contribution in [2.45, 2.75) is 39.3 Å². The van der Waals surface area contributed by atoms with Crippen LogP contribution in [0.5, 0.6) is 0 Å². The van der Waals surface area contributed by atoms with Crippen LogP contribution in [0.25, 0.3) is 0 Å². The molecule has 1 unspecified atom stereocenters. The van der Waals surface area contributed by atoms with E-state index >= 15 is 0 Å². The number of para-hydroxylation sites is 1. The molecule has 0 aliphatic carbocycles. The van der Waals surface area contributed by atoms with Gasteiger partial charge in [-0.25, -0.2) is 0 Å². The van der Waals surface area contributed by atoms with Gasteiger partial charge in [0.25, 0.3) is 0 Å². The summed E-state index contributed by atoms with van der Waals surface area (Å²) in [5.41, 5.74) is 4.46. The van der Waals surface area contributed by atoms with Gasteiger partial charge < -0.3 is 9.73 Å². The van der Waals surface area contributed by atoms with E-state index in [-0.39, 0.29) is 6.04 Å². The molecule has 1 aliphatic heterocycles. The van der Waals surface area contributed by atoms with Gasteiger partial charge in [-0.1, -0.05) is 30.3 Å². The number of nitrogens with zero attached hydrogens (tertiary/aromatic N) is 2. The van der Waals surface area contributed by atoms with Gasteiger partial charge in [-0.3, -0.25) is 5.01 Å². The van der Waals surface area contributed by atoms with Gasteiger partial charge in [-0.15, -0.1) is 0 Å². The molecule has 0 fully saturated rings. The lowest BCUT2D eigenvalue weighted by atomic mass is 10.00. The Labute approximate surface area is 160 Å². The van der Waals surface area contributed by atoms with E-state index in [0.717, 1.165) is 35.0 Å². The summed E-state index contributed by atoms with van der Waals surface area (Å²) in [5, 5.41) is 10.5. The van der Waals surface area contributed by atoms with Crippen LogP contribution >= 0.6 is 0 Å². The topological polar surface area (TPSA) is 40.8 Å². The minimum Gasteiger partial charge on any atom is -0.460 e. The van der Waals surface area contributed by atoms with Crippen molar-refractivity contribution < 1.29 is 4.42 Å². The van der Waals surface area contributed by atoms with Gasteiger partial charge in [0, 0.05) is 18.2 Å². The quantitative estimate of drug-likeness (QED) is 0.629. The zero-order chi connectivity index (χ0) is 18.8. The fourth-order valence-corrected chi connectivity index (χ4v) is 3.46. The Hall–Kier alpha value is -3.01. The first kappa shape index (κ1) is 17.4. The molecule has 1 aromatic heterocycles. The Bertz CT molecular complexity index is 926. The van der Waals surface area contributed by atoms with E-state index in [1.807, 2.05) is 37.3 Å². The van der Waals surface area contributed by atoms with Gasteiger partial charge in [-0.05, 0) is 62.7 Å². The SMILES string of the molecule is Cc1ccc(C2=NN(c3ccccc3)C(c3ccc(NC(C)C)cc3)C2)o1. The van der Waals surface area contributed by atoms with Crippen LogP contribution in [0.2, 0.25) is 0 Å². The highest BCUT2D eigenvalue weighted by Crippen LogP contribution is 2.37. The standard InChI is InChI=1S/C23H25N3O/c1-16(2)24-19-12-10-18(11-13-19)22-15-21(23-14-9-17(3)27-23)25-26(22)20-7-5-4-6-8-20/h4-14,16,22,24H,15H2,1-3H3. The second kappa shape index (κ2) is 7.31. The number of aryl methyl sites for hydroxylation is 1. The van der Waals surface area contributed by atoms with E-state index < -0.39 is 0 Å². The summed E-state index contributed by atoms with van der Waals surface area (Å²) in [7, 11) is 0. The molecule has 1 N–H and O–H groups in total. The molecular weight excluding hydrogens is 334 g/mol. The average molecular weight is 359 g/mol. The summed E-state index contributed by atoms with van der Waals surface area (Å²) in [5.74, 6) is 1.76. The molecular formula is C23H25N3O. The normalized spacial score (nSPS) is 16.7. The van der Waals surface area contributed by atoms with Gasteiger partial charge in [0.05, 0.1) is 11.7 Å². The first-order valence-corrected chi connectivity index (χ1v) is 9.45. The van der Waals surface area contributed by atoms with Crippen molar-refractivity contribution in [2.24, 2.45) is 5.10 Å². The van der Waals surface area contributed by atoms with Crippen LogP contribution in [-0.2, 0) is 0 Å². The van der Waals surface area contributed by atoms with Gasteiger partial charge in [0.1, 0.15) is 17.2 Å². The Balaban J connectivity index is 1.66. The number of hydrazone groups is 1. The fraction of sp³-hybridized carbons (Fsp3) is 0.261. The van der Waals surface area contributed by atoms with Crippen molar-refractivity contribution in [3.8, 4) is 0 Å². The van der Waals surface area contributed by atoms with E-state index in [1.165, 1.54) is 5.56 Å². The van der Waals surface area contributed by atoms with E-state index in [0.29, 0.717) is 6.04 Å². The molecule has 4 nitrogen and oxygen atoms in total. The number of hydrogen-bond donors (Lipinski definition) is 1. The molecule has 3 aromatic rings.